The van der Waals surface area contributed by atoms with Crippen molar-refractivity contribution in [2.75, 3.05) is 13.2 Å². The van der Waals surface area contributed by atoms with Crippen LogP contribution in [0, 0.1) is 6.92 Å². The molecule has 2 aromatic rings. The molecule has 3 rings (SSSR count). The van der Waals surface area contributed by atoms with Crippen LogP contribution in [-0.4, -0.2) is 34.2 Å². The van der Waals surface area contributed by atoms with Crippen molar-refractivity contribution in [2.45, 2.75) is 25.3 Å². The van der Waals surface area contributed by atoms with Gasteiger partial charge in [0, 0.05) is 12.2 Å². The van der Waals surface area contributed by atoms with Gasteiger partial charge in [0.1, 0.15) is 5.82 Å². The van der Waals surface area contributed by atoms with Gasteiger partial charge in [-0.3, -0.25) is 0 Å². The molecular weight excluding hydrogens is 216 g/mol. The second-order valence-corrected chi connectivity index (χ2v) is 4.95. The molecule has 1 aliphatic rings. The van der Waals surface area contributed by atoms with E-state index in [0.717, 1.165) is 22.6 Å². The average molecular weight is 232 g/mol. The minimum absolute atomic E-state index is 0.0247. The summed E-state index contributed by atoms with van der Waals surface area (Å²) in [5.74, 6) is 0.874. The zero-order valence-corrected chi connectivity index (χ0v) is 10.0. The first-order valence-corrected chi connectivity index (χ1v) is 5.76. The molecule has 90 valence electrons. The van der Waals surface area contributed by atoms with Crippen LogP contribution in [0.15, 0.2) is 12.3 Å². The molecule has 5 nitrogen and oxygen atoms in total. The third kappa shape index (κ3) is 1.46. The quantitative estimate of drug-likeness (QED) is 0.765. The molecule has 1 aliphatic heterocycles. The second kappa shape index (κ2) is 3.51. The number of ether oxygens (including phenoxy) is 1. The van der Waals surface area contributed by atoms with Crippen molar-refractivity contribution in [2.24, 2.45) is 5.73 Å². The maximum atomic E-state index is 6.10. The molecule has 3 heterocycles. The molecule has 0 aliphatic carbocycles. The molecule has 0 spiro atoms. The van der Waals surface area contributed by atoms with Gasteiger partial charge in [0.25, 0.3) is 0 Å². The zero-order valence-electron chi connectivity index (χ0n) is 10.0. The van der Waals surface area contributed by atoms with E-state index in [0.29, 0.717) is 13.2 Å². The van der Waals surface area contributed by atoms with E-state index in [1.54, 1.807) is 6.20 Å². The summed E-state index contributed by atoms with van der Waals surface area (Å²) >= 11 is 0. The Labute approximate surface area is 99.4 Å². The summed E-state index contributed by atoms with van der Waals surface area (Å²) in [7, 11) is 0. The van der Waals surface area contributed by atoms with E-state index in [9.17, 15) is 0 Å². The van der Waals surface area contributed by atoms with Gasteiger partial charge in [0.15, 0.2) is 5.65 Å². The lowest BCUT2D eigenvalue weighted by Crippen LogP contribution is -2.42. The molecule has 0 aromatic carbocycles. The Kier molecular flexibility index (Phi) is 2.21. The lowest BCUT2D eigenvalue weighted by molar-refractivity contribution is 0.178. The van der Waals surface area contributed by atoms with E-state index in [1.165, 1.54) is 0 Å². The Morgan fingerprint density at radius 2 is 2.41 bits per heavy atom. The summed E-state index contributed by atoms with van der Waals surface area (Å²) in [6.07, 6.45) is 1.77. The monoisotopic (exact) mass is 232 g/mol. The summed E-state index contributed by atoms with van der Waals surface area (Å²) in [4.78, 5) is 12.2. The fourth-order valence-corrected chi connectivity index (χ4v) is 2.24. The molecule has 0 amide bonds. The maximum Gasteiger partial charge on any atom is 0.177 e. The highest BCUT2D eigenvalue weighted by Crippen LogP contribution is 2.31. The van der Waals surface area contributed by atoms with Crippen molar-refractivity contribution in [1.82, 2.24) is 15.0 Å². The van der Waals surface area contributed by atoms with E-state index in [-0.39, 0.29) is 11.5 Å². The van der Waals surface area contributed by atoms with Crippen molar-refractivity contribution in [3.63, 3.8) is 0 Å². The van der Waals surface area contributed by atoms with Gasteiger partial charge >= 0.3 is 0 Å². The van der Waals surface area contributed by atoms with Crippen LogP contribution in [0.3, 0.4) is 0 Å². The summed E-state index contributed by atoms with van der Waals surface area (Å²) in [5.41, 5.74) is 8.74. The van der Waals surface area contributed by atoms with Gasteiger partial charge in [-0.05, 0) is 25.5 Å². The zero-order chi connectivity index (χ0) is 12.0. The van der Waals surface area contributed by atoms with E-state index < -0.39 is 0 Å². The standard InChI is InChI=1S/C12H16N4O/c1-7-3-4-14-10-9(7)15-11(16-10)12(2)6-17-5-8(12)13/h3-4,8H,5-6,13H2,1-2H3,(H,14,15,16). The third-order valence-electron chi connectivity index (χ3n) is 3.66. The number of rotatable bonds is 1. The van der Waals surface area contributed by atoms with Crippen LogP contribution in [-0.2, 0) is 10.2 Å². The first-order valence-electron chi connectivity index (χ1n) is 5.76. The van der Waals surface area contributed by atoms with E-state index in [2.05, 4.69) is 21.9 Å². The van der Waals surface area contributed by atoms with Crippen LogP contribution >= 0.6 is 0 Å². The van der Waals surface area contributed by atoms with Gasteiger partial charge in [-0.2, -0.15) is 0 Å². The normalized spacial score (nSPS) is 29.0. The predicted octanol–water partition coefficient (Wildman–Crippen LogP) is 0.882. The molecular formula is C12H16N4O. The molecule has 1 fully saturated rings. The predicted molar refractivity (Wildman–Crippen MR) is 64.8 cm³/mol. The van der Waals surface area contributed by atoms with Crippen molar-refractivity contribution >= 4 is 11.2 Å². The smallest absolute Gasteiger partial charge is 0.177 e. The number of aromatic amines is 1. The number of aryl methyl sites for hydroxylation is 1. The average Bonchev–Trinajstić information content (AvgIpc) is 2.86. The van der Waals surface area contributed by atoms with E-state index >= 15 is 0 Å². The van der Waals surface area contributed by atoms with Gasteiger partial charge in [-0.1, -0.05) is 0 Å². The Bertz CT molecular complexity index is 565. The largest absolute Gasteiger partial charge is 0.379 e. The summed E-state index contributed by atoms with van der Waals surface area (Å²) in [6.45, 7) is 5.31. The Morgan fingerprint density at radius 1 is 1.59 bits per heavy atom. The maximum absolute atomic E-state index is 6.10. The molecule has 2 atom stereocenters. The molecule has 3 N–H and O–H groups in total. The number of nitrogens with one attached hydrogen (secondary N) is 1. The molecule has 2 aromatic heterocycles. The number of fused-ring (bicyclic) bond motifs is 1. The number of pyridine rings is 1. The van der Waals surface area contributed by atoms with E-state index in [1.807, 2.05) is 13.0 Å². The lowest BCUT2D eigenvalue weighted by atomic mass is 9.85. The number of nitrogens with two attached hydrogens (primary N) is 1. The Hall–Kier alpha value is -1.46. The van der Waals surface area contributed by atoms with Crippen LogP contribution in [0.2, 0.25) is 0 Å². The summed E-state index contributed by atoms with van der Waals surface area (Å²) < 4.78 is 5.45. The van der Waals surface area contributed by atoms with Crippen molar-refractivity contribution < 1.29 is 4.74 Å². The number of hydrogen-bond acceptors (Lipinski definition) is 4. The van der Waals surface area contributed by atoms with Gasteiger partial charge in [-0.15, -0.1) is 0 Å². The lowest BCUT2D eigenvalue weighted by Gasteiger charge is -2.23. The molecule has 1 saturated heterocycles. The molecule has 0 bridgehead atoms. The van der Waals surface area contributed by atoms with Crippen molar-refractivity contribution in [3.05, 3.63) is 23.7 Å². The molecule has 17 heavy (non-hydrogen) atoms. The third-order valence-corrected chi connectivity index (χ3v) is 3.66. The highest BCUT2D eigenvalue weighted by atomic mass is 16.5. The number of aromatic nitrogens is 3. The van der Waals surface area contributed by atoms with E-state index in [4.69, 9.17) is 10.5 Å². The van der Waals surface area contributed by atoms with Crippen molar-refractivity contribution in [1.29, 1.82) is 0 Å². The fraction of sp³-hybridized carbons (Fsp3) is 0.500. The topological polar surface area (TPSA) is 76.8 Å². The summed E-state index contributed by atoms with van der Waals surface area (Å²) in [6, 6.07) is 1.95. The molecule has 0 saturated carbocycles. The molecule has 2 unspecified atom stereocenters. The first-order chi connectivity index (χ1) is 8.11. The van der Waals surface area contributed by atoms with Gasteiger partial charge in [-0.25, -0.2) is 9.97 Å². The fourth-order valence-electron chi connectivity index (χ4n) is 2.24. The Balaban J connectivity index is 2.15. The summed E-state index contributed by atoms with van der Waals surface area (Å²) in [5, 5.41) is 0. The minimum Gasteiger partial charge on any atom is -0.379 e. The number of imidazole rings is 1. The Morgan fingerprint density at radius 3 is 3.06 bits per heavy atom. The minimum atomic E-state index is -0.243. The SMILES string of the molecule is Cc1ccnc2nc(C3(C)COCC3N)[nH]c12. The molecule has 0 radical (unpaired) electrons. The second-order valence-electron chi connectivity index (χ2n) is 4.95. The van der Waals surface area contributed by atoms with Crippen LogP contribution in [0.25, 0.3) is 11.2 Å². The number of nitrogens with zero attached hydrogens (tertiary/aromatic N) is 2. The molecule has 5 heteroatoms. The highest BCUT2D eigenvalue weighted by Gasteiger charge is 2.42. The van der Waals surface area contributed by atoms with Gasteiger partial charge < -0.3 is 15.5 Å². The number of hydrogen-bond donors (Lipinski definition) is 2. The highest BCUT2D eigenvalue weighted by molar-refractivity contribution is 5.74. The van der Waals surface area contributed by atoms with Crippen LogP contribution in [0.1, 0.15) is 18.3 Å². The van der Waals surface area contributed by atoms with Gasteiger partial charge in [0.05, 0.1) is 24.1 Å². The van der Waals surface area contributed by atoms with Crippen LogP contribution in [0.5, 0.6) is 0 Å². The van der Waals surface area contributed by atoms with Crippen LogP contribution < -0.4 is 5.73 Å². The number of H-pyrrole nitrogens is 1. The van der Waals surface area contributed by atoms with Crippen LogP contribution in [0.4, 0.5) is 0 Å². The first kappa shape index (κ1) is 10.7. The van der Waals surface area contributed by atoms with Crippen molar-refractivity contribution in [3.8, 4) is 0 Å². The van der Waals surface area contributed by atoms with Gasteiger partial charge in [0.2, 0.25) is 0 Å².